The van der Waals surface area contributed by atoms with Crippen molar-refractivity contribution in [2.45, 2.75) is 27.2 Å². The Kier molecular flexibility index (Phi) is 4.40. The maximum absolute atomic E-state index is 12.6. The van der Waals surface area contributed by atoms with Crippen molar-refractivity contribution in [1.82, 2.24) is 15.2 Å². The van der Waals surface area contributed by atoms with Gasteiger partial charge >= 0.3 is 0 Å². The predicted molar refractivity (Wildman–Crippen MR) is 75.0 cm³/mol. The lowest BCUT2D eigenvalue weighted by Crippen LogP contribution is -2.09. The van der Waals surface area contributed by atoms with Crippen LogP contribution in [0.4, 0.5) is 0 Å². The molecular weight excluding hydrogens is 254 g/mol. The molecule has 104 valence electrons. The van der Waals surface area contributed by atoms with Crippen molar-refractivity contribution >= 4 is 5.78 Å². The van der Waals surface area contributed by atoms with Gasteiger partial charge < -0.3 is 4.74 Å². The molecule has 2 heterocycles. The number of ketones is 1. The summed E-state index contributed by atoms with van der Waals surface area (Å²) >= 11 is 0. The summed E-state index contributed by atoms with van der Waals surface area (Å²) in [7, 11) is 0. The zero-order valence-corrected chi connectivity index (χ0v) is 11.9. The Morgan fingerprint density at radius 3 is 2.70 bits per heavy atom. The van der Waals surface area contributed by atoms with Gasteiger partial charge in [-0.2, -0.15) is 10.2 Å². The molecule has 0 N–H and O–H groups in total. The Morgan fingerprint density at radius 2 is 2.00 bits per heavy atom. The molecule has 0 aliphatic heterocycles. The van der Waals surface area contributed by atoms with Gasteiger partial charge in [0.25, 0.3) is 0 Å². The smallest absolute Gasteiger partial charge is 0.196 e. The summed E-state index contributed by atoms with van der Waals surface area (Å²) in [6.07, 6.45) is 3.80. The molecule has 20 heavy (non-hydrogen) atoms. The molecule has 0 aliphatic carbocycles. The van der Waals surface area contributed by atoms with Crippen LogP contribution in [0, 0.1) is 6.92 Å². The van der Waals surface area contributed by atoms with Crippen molar-refractivity contribution in [2.75, 3.05) is 6.61 Å². The molecule has 0 saturated carbocycles. The number of carbonyl (C=O) groups is 1. The third-order valence-corrected chi connectivity index (χ3v) is 2.86. The molecule has 0 amide bonds. The molecule has 5 heteroatoms. The molecule has 0 fully saturated rings. The van der Waals surface area contributed by atoms with E-state index in [9.17, 15) is 4.79 Å². The molecule has 0 unspecified atom stereocenters. The SMILES string of the molecule is CCOc1cncc(C(=O)c2cc(C)nnc2CC)c1. The van der Waals surface area contributed by atoms with Gasteiger partial charge in [0, 0.05) is 17.3 Å². The Labute approximate surface area is 118 Å². The van der Waals surface area contributed by atoms with E-state index in [0.717, 1.165) is 5.69 Å². The van der Waals surface area contributed by atoms with Crippen LogP contribution in [-0.2, 0) is 6.42 Å². The molecule has 0 radical (unpaired) electrons. The predicted octanol–water partition coefficient (Wildman–Crippen LogP) is 2.37. The maximum Gasteiger partial charge on any atom is 0.196 e. The molecule has 2 aromatic heterocycles. The first-order valence-electron chi connectivity index (χ1n) is 6.61. The molecule has 0 saturated heterocycles. The molecule has 0 aliphatic rings. The summed E-state index contributed by atoms with van der Waals surface area (Å²) in [6.45, 7) is 6.19. The number of carbonyl (C=O) groups excluding carboxylic acids is 1. The number of ether oxygens (including phenoxy) is 1. The van der Waals surface area contributed by atoms with Crippen molar-refractivity contribution < 1.29 is 9.53 Å². The molecule has 2 rings (SSSR count). The van der Waals surface area contributed by atoms with Crippen LogP contribution in [-0.4, -0.2) is 27.6 Å². The second kappa shape index (κ2) is 6.23. The summed E-state index contributed by atoms with van der Waals surface area (Å²) in [5.74, 6) is 0.490. The number of pyridine rings is 1. The average Bonchev–Trinajstić information content (AvgIpc) is 2.47. The van der Waals surface area contributed by atoms with Crippen LogP contribution in [0.1, 0.15) is 41.2 Å². The van der Waals surface area contributed by atoms with E-state index in [1.807, 2.05) is 20.8 Å². The molecule has 5 nitrogen and oxygen atoms in total. The number of aromatic nitrogens is 3. The monoisotopic (exact) mass is 271 g/mol. The van der Waals surface area contributed by atoms with Gasteiger partial charge in [0.15, 0.2) is 5.78 Å². The van der Waals surface area contributed by atoms with Gasteiger partial charge in [0.2, 0.25) is 0 Å². The molecule has 0 spiro atoms. The standard InChI is InChI=1S/C15H17N3O2/c1-4-14-13(6-10(3)17-18-14)15(19)11-7-12(20-5-2)9-16-8-11/h6-9H,4-5H2,1-3H3. The summed E-state index contributed by atoms with van der Waals surface area (Å²) in [4.78, 5) is 16.6. The second-order valence-corrected chi connectivity index (χ2v) is 4.37. The average molecular weight is 271 g/mol. The van der Waals surface area contributed by atoms with Crippen molar-refractivity contribution in [2.24, 2.45) is 0 Å². The van der Waals surface area contributed by atoms with Crippen LogP contribution < -0.4 is 4.74 Å². The zero-order chi connectivity index (χ0) is 14.5. The summed E-state index contributed by atoms with van der Waals surface area (Å²) in [5, 5.41) is 8.07. The Balaban J connectivity index is 2.40. The maximum atomic E-state index is 12.6. The van der Waals surface area contributed by atoms with E-state index in [0.29, 0.717) is 35.6 Å². The van der Waals surface area contributed by atoms with Crippen molar-refractivity contribution in [3.63, 3.8) is 0 Å². The highest BCUT2D eigenvalue weighted by molar-refractivity contribution is 6.09. The summed E-state index contributed by atoms with van der Waals surface area (Å²) < 4.78 is 5.37. The van der Waals surface area contributed by atoms with Crippen molar-refractivity contribution in [1.29, 1.82) is 0 Å². The van der Waals surface area contributed by atoms with Crippen molar-refractivity contribution in [3.8, 4) is 5.75 Å². The van der Waals surface area contributed by atoms with Crippen LogP contribution in [0.5, 0.6) is 5.75 Å². The molecule has 0 bridgehead atoms. The fraction of sp³-hybridized carbons (Fsp3) is 0.333. The molecule has 0 aromatic carbocycles. The number of hydrogen-bond donors (Lipinski definition) is 0. The molecule has 2 aromatic rings. The lowest BCUT2D eigenvalue weighted by molar-refractivity contribution is 0.103. The minimum atomic E-state index is -0.103. The first-order valence-corrected chi connectivity index (χ1v) is 6.61. The second-order valence-electron chi connectivity index (χ2n) is 4.37. The number of aryl methyl sites for hydroxylation is 2. The topological polar surface area (TPSA) is 65.0 Å². The van der Waals surface area contributed by atoms with Gasteiger partial charge in [0.1, 0.15) is 5.75 Å². The zero-order valence-electron chi connectivity index (χ0n) is 11.9. The lowest BCUT2D eigenvalue weighted by atomic mass is 10.0. The third-order valence-electron chi connectivity index (χ3n) is 2.86. The summed E-state index contributed by atoms with van der Waals surface area (Å²) in [5.41, 5.74) is 2.50. The number of rotatable bonds is 5. The van der Waals surface area contributed by atoms with Crippen LogP contribution in [0.3, 0.4) is 0 Å². The quantitative estimate of drug-likeness (QED) is 0.781. The van der Waals surface area contributed by atoms with E-state index in [4.69, 9.17) is 4.74 Å². The highest BCUT2D eigenvalue weighted by Gasteiger charge is 2.16. The molecular formula is C15H17N3O2. The Bertz CT molecular complexity index is 626. The minimum absolute atomic E-state index is 0.103. The number of hydrogen-bond acceptors (Lipinski definition) is 5. The highest BCUT2D eigenvalue weighted by atomic mass is 16.5. The van der Waals surface area contributed by atoms with E-state index in [1.165, 1.54) is 0 Å². The highest BCUT2D eigenvalue weighted by Crippen LogP contribution is 2.17. The fourth-order valence-electron chi connectivity index (χ4n) is 1.92. The normalized spacial score (nSPS) is 10.3. The van der Waals surface area contributed by atoms with Gasteiger partial charge in [-0.1, -0.05) is 6.92 Å². The first kappa shape index (κ1) is 14.1. The summed E-state index contributed by atoms with van der Waals surface area (Å²) in [6, 6.07) is 3.47. The Hall–Kier alpha value is -2.30. The van der Waals surface area contributed by atoms with E-state index in [1.54, 1.807) is 24.5 Å². The van der Waals surface area contributed by atoms with E-state index < -0.39 is 0 Å². The van der Waals surface area contributed by atoms with Crippen LogP contribution in [0.25, 0.3) is 0 Å². The van der Waals surface area contributed by atoms with Crippen LogP contribution >= 0.6 is 0 Å². The van der Waals surface area contributed by atoms with Gasteiger partial charge in [-0.25, -0.2) is 0 Å². The van der Waals surface area contributed by atoms with Crippen LogP contribution in [0.2, 0.25) is 0 Å². The van der Waals surface area contributed by atoms with E-state index in [2.05, 4.69) is 15.2 Å². The molecule has 0 atom stereocenters. The van der Waals surface area contributed by atoms with E-state index >= 15 is 0 Å². The fourth-order valence-corrected chi connectivity index (χ4v) is 1.92. The van der Waals surface area contributed by atoms with Crippen LogP contribution in [0.15, 0.2) is 24.5 Å². The van der Waals surface area contributed by atoms with E-state index in [-0.39, 0.29) is 5.78 Å². The first-order chi connectivity index (χ1) is 9.65. The van der Waals surface area contributed by atoms with Gasteiger partial charge in [0.05, 0.1) is 24.2 Å². The van der Waals surface area contributed by atoms with Crippen molar-refractivity contribution in [3.05, 3.63) is 47.0 Å². The van der Waals surface area contributed by atoms with Gasteiger partial charge in [-0.3, -0.25) is 9.78 Å². The Morgan fingerprint density at radius 1 is 1.20 bits per heavy atom. The van der Waals surface area contributed by atoms with Gasteiger partial charge in [-0.05, 0) is 32.4 Å². The lowest BCUT2D eigenvalue weighted by Gasteiger charge is -2.08. The van der Waals surface area contributed by atoms with Gasteiger partial charge in [-0.15, -0.1) is 0 Å². The largest absolute Gasteiger partial charge is 0.492 e. The number of nitrogens with zero attached hydrogens (tertiary/aromatic N) is 3. The third kappa shape index (κ3) is 2.99. The minimum Gasteiger partial charge on any atom is -0.492 e.